The van der Waals surface area contributed by atoms with Crippen molar-refractivity contribution < 1.29 is 23.9 Å². The first kappa shape index (κ1) is 24.1. The van der Waals surface area contributed by atoms with Gasteiger partial charge in [0.15, 0.2) is 0 Å². The Balaban J connectivity index is 1.30. The summed E-state index contributed by atoms with van der Waals surface area (Å²) in [7, 11) is 1.27. The van der Waals surface area contributed by atoms with E-state index in [9.17, 15) is 19.2 Å². The Morgan fingerprint density at radius 3 is 2.64 bits per heavy atom. The van der Waals surface area contributed by atoms with Crippen molar-refractivity contribution in [2.24, 2.45) is 5.92 Å². The van der Waals surface area contributed by atoms with Crippen LogP contribution in [0.4, 0.5) is 16.2 Å². The molecule has 188 valence electrons. The van der Waals surface area contributed by atoms with Gasteiger partial charge in [-0.1, -0.05) is 24.4 Å². The summed E-state index contributed by atoms with van der Waals surface area (Å²) >= 11 is 6.21. The first-order chi connectivity index (χ1) is 17.3. The summed E-state index contributed by atoms with van der Waals surface area (Å²) < 4.78 is 4.57. The molecule has 2 aliphatic heterocycles. The average molecular weight is 511 g/mol. The Kier molecular flexibility index (Phi) is 6.34. The standard InChI is InChI=1S/C26H27ClN4O5/c1-36-25(35)28-18-7-4-16(5-8-18)22(32)29-21(12-15-2-3-15)23(33)31-11-10-26(14-31)19-13-17(27)6-9-20(19)30-24(26)34/h4-9,13,15,21H,2-3,10-12,14H2,1H3,(H,28,35)(H,29,32)(H,30,34)/t21-,26?/m0/s1. The fourth-order valence-corrected chi connectivity index (χ4v) is 5.20. The molecule has 0 aromatic heterocycles. The monoisotopic (exact) mass is 510 g/mol. The van der Waals surface area contributed by atoms with Gasteiger partial charge in [0.1, 0.15) is 6.04 Å². The number of anilines is 2. The molecule has 0 radical (unpaired) electrons. The van der Waals surface area contributed by atoms with Crippen molar-refractivity contribution in [3.8, 4) is 0 Å². The highest BCUT2D eigenvalue weighted by Crippen LogP contribution is 2.45. The van der Waals surface area contributed by atoms with E-state index in [2.05, 4.69) is 20.7 Å². The average Bonchev–Trinajstić information content (AvgIpc) is 3.51. The maximum atomic E-state index is 13.6. The van der Waals surface area contributed by atoms with Crippen molar-refractivity contribution in [2.75, 3.05) is 30.8 Å². The van der Waals surface area contributed by atoms with Crippen LogP contribution in [0.15, 0.2) is 42.5 Å². The second-order valence-corrected chi connectivity index (χ2v) is 10.1. The van der Waals surface area contributed by atoms with Gasteiger partial charge in [-0.25, -0.2) is 4.79 Å². The van der Waals surface area contributed by atoms with Crippen LogP contribution in [0.2, 0.25) is 5.02 Å². The highest BCUT2D eigenvalue weighted by Gasteiger charge is 2.52. The first-order valence-corrected chi connectivity index (χ1v) is 12.3. The summed E-state index contributed by atoms with van der Waals surface area (Å²) in [5, 5.41) is 8.90. The first-order valence-electron chi connectivity index (χ1n) is 12.0. The molecule has 2 atom stereocenters. The van der Waals surface area contributed by atoms with Gasteiger partial charge in [0.25, 0.3) is 5.91 Å². The van der Waals surface area contributed by atoms with E-state index in [0.29, 0.717) is 41.6 Å². The highest BCUT2D eigenvalue weighted by atomic mass is 35.5. The van der Waals surface area contributed by atoms with E-state index >= 15 is 0 Å². The number of hydrogen-bond acceptors (Lipinski definition) is 5. The second-order valence-electron chi connectivity index (χ2n) is 9.63. The summed E-state index contributed by atoms with van der Waals surface area (Å²) in [5.41, 5.74) is 1.58. The number of nitrogens with zero attached hydrogens (tertiary/aromatic N) is 1. The van der Waals surface area contributed by atoms with Crippen molar-refractivity contribution >= 4 is 46.8 Å². The molecule has 3 N–H and O–H groups in total. The molecule has 1 saturated carbocycles. The number of methoxy groups -OCH3 is 1. The normalized spacial score (nSPS) is 21.1. The molecule has 1 aliphatic carbocycles. The van der Waals surface area contributed by atoms with Crippen LogP contribution < -0.4 is 16.0 Å². The number of amides is 4. The topological polar surface area (TPSA) is 117 Å². The molecule has 9 nitrogen and oxygen atoms in total. The van der Waals surface area contributed by atoms with Crippen LogP contribution in [0.1, 0.15) is 41.6 Å². The predicted molar refractivity (Wildman–Crippen MR) is 134 cm³/mol. The van der Waals surface area contributed by atoms with Gasteiger partial charge in [0.2, 0.25) is 11.8 Å². The minimum Gasteiger partial charge on any atom is -0.453 e. The van der Waals surface area contributed by atoms with Crippen LogP contribution in [0, 0.1) is 5.92 Å². The smallest absolute Gasteiger partial charge is 0.411 e. The molecule has 1 unspecified atom stereocenters. The van der Waals surface area contributed by atoms with E-state index in [0.717, 1.165) is 24.1 Å². The van der Waals surface area contributed by atoms with Crippen molar-refractivity contribution in [3.63, 3.8) is 0 Å². The number of likely N-dealkylation sites (tertiary alicyclic amines) is 1. The molecule has 3 aliphatic rings. The molecule has 2 fully saturated rings. The van der Waals surface area contributed by atoms with E-state index in [4.69, 9.17) is 11.6 Å². The van der Waals surface area contributed by atoms with Crippen molar-refractivity contribution in [2.45, 2.75) is 37.1 Å². The van der Waals surface area contributed by atoms with Crippen LogP contribution in [0.3, 0.4) is 0 Å². The Bertz CT molecular complexity index is 1230. The SMILES string of the molecule is COC(=O)Nc1ccc(C(=O)N[C@@H](CC2CC2)C(=O)N2CCC3(C2)C(=O)Nc2ccc(Cl)cc23)cc1. The number of benzene rings is 2. The predicted octanol–water partition coefficient (Wildman–Crippen LogP) is 3.54. The largest absolute Gasteiger partial charge is 0.453 e. The van der Waals surface area contributed by atoms with Gasteiger partial charge in [0.05, 0.1) is 12.5 Å². The molecular formula is C26H27ClN4O5. The molecule has 5 rings (SSSR count). The van der Waals surface area contributed by atoms with E-state index in [1.165, 1.54) is 7.11 Å². The Morgan fingerprint density at radius 1 is 1.19 bits per heavy atom. The number of halogens is 1. The van der Waals surface area contributed by atoms with Crippen LogP contribution in [-0.4, -0.2) is 55.0 Å². The van der Waals surface area contributed by atoms with Gasteiger partial charge in [-0.3, -0.25) is 19.7 Å². The van der Waals surface area contributed by atoms with Crippen LogP contribution in [-0.2, 0) is 19.7 Å². The summed E-state index contributed by atoms with van der Waals surface area (Å²) in [6.45, 7) is 0.666. The van der Waals surface area contributed by atoms with E-state index < -0.39 is 17.6 Å². The molecule has 1 saturated heterocycles. The molecule has 2 heterocycles. The molecule has 36 heavy (non-hydrogen) atoms. The molecule has 1 spiro atoms. The Labute approximate surface area is 213 Å². The van der Waals surface area contributed by atoms with Crippen LogP contribution >= 0.6 is 11.6 Å². The van der Waals surface area contributed by atoms with Crippen molar-refractivity contribution in [1.82, 2.24) is 10.2 Å². The highest BCUT2D eigenvalue weighted by molar-refractivity contribution is 6.31. The molecule has 10 heteroatoms. The maximum absolute atomic E-state index is 13.6. The molecule has 2 aromatic rings. The second kappa shape index (κ2) is 9.46. The minimum atomic E-state index is -0.827. The van der Waals surface area contributed by atoms with Crippen LogP contribution in [0.5, 0.6) is 0 Å². The van der Waals surface area contributed by atoms with Gasteiger partial charge in [-0.15, -0.1) is 0 Å². The van der Waals surface area contributed by atoms with Crippen molar-refractivity contribution in [3.05, 3.63) is 58.6 Å². The van der Waals surface area contributed by atoms with Gasteiger partial charge in [0, 0.05) is 35.1 Å². The van der Waals surface area contributed by atoms with Gasteiger partial charge in [-0.2, -0.15) is 0 Å². The number of ether oxygens (including phenoxy) is 1. The summed E-state index contributed by atoms with van der Waals surface area (Å²) in [5.74, 6) is -0.280. The Hall–Kier alpha value is -3.59. The zero-order valence-electron chi connectivity index (χ0n) is 19.8. The van der Waals surface area contributed by atoms with Gasteiger partial charge in [-0.05, 0) is 66.8 Å². The van der Waals surface area contributed by atoms with E-state index in [1.54, 1.807) is 47.4 Å². The fraction of sp³-hybridized carbons (Fsp3) is 0.385. The summed E-state index contributed by atoms with van der Waals surface area (Å²) in [6, 6.07) is 11.0. The Morgan fingerprint density at radius 2 is 1.94 bits per heavy atom. The van der Waals surface area contributed by atoms with Gasteiger partial charge >= 0.3 is 6.09 Å². The van der Waals surface area contributed by atoms with E-state index in [1.807, 2.05) is 0 Å². The van der Waals surface area contributed by atoms with E-state index in [-0.39, 0.29) is 24.3 Å². The number of hydrogen-bond donors (Lipinski definition) is 3. The number of carbonyl (C=O) groups is 4. The lowest BCUT2D eigenvalue weighted by Gasteiger charge is -2.26. The zero-order valence-corrected chi connectivity index (χ0v) is 20.6. The third-order valence-corrected chi connectivity index (χ3v) is 7.44. The third kappa shape index (κ3) is 4.63. The molecule has 4 amide bonds. The minimum absolute atomic E-state index is 0.126. The summed E-state index contributed by atoms with van der Waals surface area (Å²) in [6.07, 6.45) is 2.52. The molecule has 2 aromatic carbocycles. The number of nitrogens with one attached hydrogen (secondary N) is 3. The number of carbonyl (C=O) groups excluding carboxylic acids is 4. The number of fused-ring (bicyclic) bond motifs is 2. The fourth-order valence-electron chi connectivity index (χ4n) is 5.03. The summed E-state index contributed by atoms with van der Waals surface area (Å²) in [4.78, 5) is 52.6. The lowest BCUT2D eigenvalue weighted by atomic mass is 9.81. The third-order valence-electron chi connectivity index (χ3n) is 7.21. The lowest BCUT2D eigenvalue weighted by molar-refractivity contribution is -0.133. The molecular weight excluding hydrogens is 484 g/mol. The van der Waals surface area contributed by atoms with Crippen molar-refractivity contribution in [1.29, 1.82) is 0 Å². The quantitative estimate of drug-likeness (QED) is 0.549. The zero-order chi connectivity index (χ0) is 25.4. The number of rotatable bonds is 6. The van der Waals surface area contributed by atoms with Crippen LogP contribution in [0.25, 0.3) is 0 Å². The van der Waals surface area contributed by atoms with Gasteiger partial charge < -0.3 is 20.3 Å². The maximum Gasteiger partial charge on any atom is 0.411 e. The lowest BCUT2D eigenvalue weighted by Crippen LogP contribution is -2.49. The molecule has 0 bridgehead atoms.